The molecule has 1 rings (SSSR count). The Bertz CT molecular complexity index is 345. The molecule has 0 aliphatic rings. The molecule has 0 spiro atoms. The van der Waals surface area contributed by atoms with Crippen LogP contribution in [0.15, 0.2) is 18.2 Å². The molecule has 1 aromatic carbocycles. The van der Waals surface area contributed by atoms with Crippen LogP contribution in [0.2, 0.25) is 0 Å². The minimum atomic E-state index is 0.230. The predicted octanol–water partition coefficient (Wildman–Crippen LogP) is 2.92. The van der Waals surface area contributed by atoms with Gasteiger partial charge in [0.1, 0.15) is 5.75 Å². The van der Waals surface area contributed by atoms with Crippen molar-refractivity contribution < 1.29 is 4.74 Å². The Kier molecular flexibility index (Phi) is 4.36. The first-order chi connectivity index (χ1) is 7.48. The lowest BCUT2D eigenvalue weighted by molar-refractivity contribution is 0.348. The van der Waals surface area contributed by atoms with Crippen LogP contribution in [-0.2, 0) is 6.42 Å². The molecule has 0 aromatic heterocycles. The topological polar surface area (TPSA) is 35.2 Å². The summed E-state index contributed by atoms with van der Waals surface area (Å²) in [5.74, 6) is 0.960. The van der Waals surface area contributed by atoms with Crippen molar-refractivity contribution in [1.29, 1.82) is 0 Å². The molecule has 2 nitrogen and oxygen atoms in total. The third kappa shape index (κ3) is 3.53. The molecule has 0 radical (unpaired) electrons. The van der Waals surface area contributed by atoms with Gasteiger partial charge in [0.2, 0.25) is 0 Å². The normalized spacial score (nSPS) is 11.6. The van der Waals surface area contributed by atoms with E-state index in [1.165, 1.54) is 11.1 Å². The van der Waals surface area contributed by atoms with Gasteiger partial charge >= 0.3 is 0 Å². The zero-order chi connectivity index (χ0) is 12.2. The van der Waals surface area contributed by atoms with E-state index in [4.69, 9.17) is 10.5 Å². The molecule has 0 bridgehead atoms. The van der Waals surface area contributed by atoms with Crippen LogP contribution in [0.25, 0.3) is 0 Å². The molecule has 0 saturated heterocycles. The average Bonchev–Trinajstić information content (AvgIpc) is 2.27. The fourth-order valence-electron chi connectivity index (χ4n) is 1.68. The molecule has 0 saturated carbocycles. The Morgan fingerprint density at radius 2 is 2.00 bits per heavy atom. The van der Waals surface area contributed by atoms with Crippen molar-refractivity contribution in [2.24, 2.45) is 11.1 Å². The van der Waals surface area contributed by atoms with E-state index in [-0.39, 0.29) is 5.41 Å². The highest BCUT2D eigenvalue weighted by Gasteiger charge is 2.15. The third-order valence-electron chi connectivity index (χ3n) is 3.10. The Labute approximate surface area is 98.8 Å². The van der Waals surface area contributed by atoms with Gasteiger partial charge in [0.05, 0.1) is 7.11 Å². The third-order valence-corrected chi connectivity index (χ3v) is 3.10. The van der Waals surface area contributed by atoms with E-state index in [0.29, 0.717) is 0 Å². The van der Waals surface area contributed by atoms with E-state index in [1.54, 1.807) is 7.11 Å². The van der Waals surface area contributed by atoms with Gasteiger partial charge in [-0.15, -0.1) is 0 Å². The minimum Gasteiger partial charge on any atom is -0.496 e. The van der Waals surface area contributed by atoms with Gasteiger partial charge in [0.25, 0.3) is 0 Å². The number of benzene rings is 1. The quantitative estimate of drug-likeness (QED) is 0.829. The Morgan fingerprint density at radius 1 is 1.31 bits per heavy atom. The fourth-order valence-corrected chi connectivity index (χ4v) is 1.68. The number of rotatable bonds is 5. The van der Waals surface area contributed by atoms with Crippen molar-refractivity contribution in [3.05, 3.63) is 29.3 Å². The predicted molar refractivity (Wildman–Crippen MR) is 68.9 cm³/mol. The maximum atomic E-state index is 5.73. The lowest BCUT2D eigenvalue weighted by Gasteiger charge is -2.22. The molecule has 16 heavy (non-hydrogen) atoms. The van der Waals surface area contributed by atoms with Crippen molar-refractivity contribution in [3.8, 4) is 5.75 Å². The van der Waals surface area contributed by atoms with Crippen LogP contribution in [0, 0.1) is 12.3 Å². The second-order valence-corrected chi connectivity index (χ2v) is 5.17. The standard InChI is InChI=1S/C14H23NO/c1-11-9-12(5-6-13(11)16-4)7-8-14(2,3)10-15/h5-6,9H,7-8,10,15H2,1-4H3. The van der Waals surface area contributed by atoms with Crippen molar-refractivity contribution in [2.45, 2.75) is 33.6 Å². The number of ether oxygens (including phenoxy) is 1. The van der Waals surface area contributed by atoms with Crippen molar-refractivity contribution in [2.75, 3.05) is 13.7 Å². The van der Waals surface area contributed by atoms with Gasteiger partial charge in [0, 0.05) is 0 Å². The van der Waals surface area contributed by atoms with E-state index < -0.39 is 0 Å². The van der Waals surface area contributed by atoms with Crippen LogP contribution in [0.3, 0.4) is 0 Å². The highest BCUT2D eigenvalue weighted by molar-refractivity contribution is 5.36. The summed E-state index contributed by atoms with van der Waals surface area (Å²) in [6.45, 7) is 7.24. The van der Waals surface area contributed by atoms with Gasteiger partial charge in [-0.05, 0) is 48.9 Å². The lowest BCUT2D eigenvalue weighted by atomic mass is 9.86. The highest BCUT2D eigenvalue weighted by atomic mass is 16.5. The van der Waals surface area contributed by atoms with E-state index >= 15 is 0 Å². The van der Waals surface area contributed by atoms with Gasteiger partial charge in [-0.3, -0.25) is 0 Å². The number of aryl methyl sites for hydroxylation is 2. The molecule has 0 heterocycles. The van der Waals surface area contributed by atoms with Crippen molar-refractivity contribution in [1.82, 2.24) is 0 Å². The number of hydrogen-bond acceptors (Lipinski definition) is 2. The monoisotopic (exact) mass is 221 g/mol. The highest BCUT2D eigenvalue weighted by Crippen LogP contribution is 2.24. The van der Waals surface area contributed by atoms with Gasteiger partial charge in [-0.1, -0.05) is 26.0 Å². The minimum absolute atomic E-state index is 0.230. The summed E-state index contributed by atoms with van der Waals surface area (Å²) < 4.78 is 5.25. The number of methoxy groups -OCH3 is 1. The summed E-state index contributed by atoms with van der Waals surface area (Å²) in [7, 11) is 1.71. The van der Waals surface area contributed by atoms with E-state index in [9.17, 15) is 0 Å². The van der Waals surface area contributed by atoms with E-state index in [2.05, 4.69) is 32.9 Å². The molecular weight excluding hydrogens is 198 g/mol. The molecule has 0 fully saturated rings. The lowest BCUT2D eigenvalue weighted by Crippen LogP contribution is -2.24. The largest absolute Gasteiger partial charge is 0.496 e. The van der Waals surface area contributed by atoms with Crippen LogP contribution in [0.5, 0.6) is 5.75 Å². The van der Waals surface area contributed by atoms with Crippen LogP contribution in [0.4, 0.5) is 0 Å². The van der Waals surface area contributed by atoms with Gasteiger partial charge < -0.3 is 10.5 Å². The SMILES string of the molecule is COc1ccc(CCC(C)(C)CN)cc1C. The maximum absolute atomic E-state index is 5.73. The van der Waals surface area contributed by atoms with Gasteiger partial charge in [-0.2, -0.15) is 0 Å². The first-order valence-corrected chi connectivity index (χ1v) is 5.82. The number of nitrogens with two attached hydrogens (primary N) is 1. The first-order valence-electron chi connectivity index (χ1n) is 5.82. The molecule has 1 aromatic rings. The summed E-state index contributed by atoms with van der Waals surface area (Å²) in [5.41, 5.74) is 8.52. The van der Waals surface area contributed by atoms with Crippen LogP contribution in [-0.4, -0.2) is 13.7 Å². The summed E-state index contributed by atoms with van der Waals surface area (Å²) in [4.78, 5) is 0. The van der Waals surface area contributed by atoms with Gasteiger partial charge in [-0.25, -0.2) is 0 Å². The Morgan fingerprint density at radius 3 is 2.50 bits per heavy atom. The zero-order valence-corrected chi connectivity index (χ0v) is 10.8. The molecular formula is C14H23NO. The molecule has 0 unspecified atom stereocenters. The van der Waals surface area contributed by atoms with Gasteiger partial charge in [0.15, 0.2) is 0 Å². The van der Waals surface area contributed by atoms with Crippen LogP contribution in [0.1, 0.15) is 31.4 Å². The summed E-state index contributed by atoms with van der Waals surface area (Å²) in [6, 6.07) is 6.38. The molecule has 0 aliphatic heterocycles. The second kappa shape index (κ2) is 5.35. The van der Waals surface area contributed by atoms with E-state index in [1.807, 2.05) is 6.07 Å². The number of hydrogen-bond donors (Lipinski definition) is 1. The molecule has 0 amide bonds. The molecule has 0 atom stereocenters. The smallest absolute Gasteiger partial charge is 0.121 e. The Balaban J connectivity index is 2.65. The maximum Gasteiger partial charge on any atom is 0.121 e. The molecule has 2 heteroatoms. The van der Waals surface area contributed by atoms with Crippen molar-refractivity contribution >= 4 is 0 Å². The van der Waals surface area contributed by atoms with Crippen LogP contribution < -0.4 is 10.5 Å². The summed E-state index contributed by atoms with van der Waals surface area (Å²) in [6.07, 6.45) is 2.20. The van der Waals surface area contributed by atoms with Crippen LogP contribution >= 0.6 is 0 Å². The molecule has 0 aliphatic carbocycles. The first kappa shape index (κ1) is 13.0. The van der Waals surface area contributed by atoms with Crippen molar-refractivity contribution in [3.63, 3.8) is 0 Å². The Hall–Kier alpha value is -1.02. The molecule has 90 valence electrons. The fraction of sp³-hybridized carbons (Fsp3) is 0.571. The average molecular weight is 221 g/mol. The summed E-state index contributed by atoms with van der Waals surface area (Å²) in [5, 5.41) is 0. The second-order valence-electron chi connectivity index (χ2n) is 5.17. The summed E-state index contributed by atoms with van der Waals surface area (Å²) >= 11 is 0. The van der Waals surface area contributed by atoms with E-state index in [0.717, 1.165) is 25.1 Å². The molecule has 2 N–H and O–H groups in total. The zero-order valence-electron chi connectivity index (χ0n) is 10.8.